The molecule has 0 bridgehead atoms. The standard InChI is InChI=1S/C13H18N2O3/c1-8-6-9(16)4-5-10(8)11(17)15-7-13(2,3)12(14)18/h4-6,16H,7H2,1-3H3,(H2,14,18)(H,15,17). The number of rotatable bonds is 4. The summed E-state index contributed by atoms with van der Waals surface area (Å²) in [6.45, 7) is 5.23. The minimum Gasteiger partial charge on any atom is -0.508 e. The Morgan fingerprint density at radius 3 is 2.50 bits per heavy atom. The highest BCUT2D eigenvalue weighted by Gasteiger charge is 2.25. The summed E-state index contributed by atoms with van der Waals surface area (Å²) in [4.78, 5) is 23.0. The molecule has 0 aliphatic carbocycles. The number of hydrogen-bond acceptors (Lipinski definition) is 3. The van der Waals surface area contributed by atoms with E-state index in [1.54, 1.807) is 20.8 Å². The van der Waals surface area contributed by atoms with Crippen LogP contribution in [0.15, 0.2) is 18.2 Å². The number of primary amides is 1. The molecule has 1 aromatic rings. The zero-order chi connectivity index (χ0) is 13.9. The van der Waals surface area contributed by atoms with Crippen molar-refractivity contribution in [1.29, 1.82) is 0 Å². The van der Waals surface area contributed by atoms with E-state index in [9.17, 15) is 14.7 Å². The van der Waals surface area contributed by atoms with Crippen LogP contribution in [-0.4, -0.2) is 23.5 Å². The maximum atomic E-state index is 11.9. The molecule has 0 atom stereocenters. The molecule has 4 N–H and O–H groups in total. The molecule has 0 aliphatic rings. The molecular weight excluding hydrogens is 232 g/mol. The van der Waals surface area contributed by atoms with Gasteiger partial charge < -0.3 is 16.2 Å². The van der Waals surface area contributed by atoms with Crippen LogP contribution in [0.4, 0.5) is 0 Å². The Labute approximate surface area is 106 Å². The van der Waals surface area contributed by atoms with E-state index in [1.165, 1.54) is 18.2 Å². The maximum absolute atomic E-state index is 11.9. The van der Waals surface area contributed by atoms with Crippen LogP contribution in [0, 0.1) is 12.3 Å². The van der Waals surface area contributed by atoms with Gasteiger partial charge in [-0.25, -0.2) is 0 Å². The lowest BCUT2D eigenvalue weighted by atomic mass is 9.92. The third-order valence-corrected chi connectivity index (χ3v) is 2.81. The van der Waals surface area contributed by atoms with Crippen molar-refractivity contribution in [3.8, 4) is 5.75 Å². The number of aromatic hydroxyl groups is 1. The second-order valence-electron chi connectivity index (χ2n) is 4.93. The molecule has 98 valence electrons. The van der Waals surface area contributed by atoms with E-state index in [1.807, 2.05) is 0 Å². The average molecular weight is 250 g/mol. The Bertz CT molecular complexity index is 481. The fraction of sp³-hybridized carbons (Fsp3) is 0.385. The van der Waals surface area contributed by atoms with Crippen molar-refractivity contribution in [2.75, 3.05) is 6.54 Å². The highest BCUT2D eigenvalue weighted by atomic mass is 16.3. The molecule has 1 rings (SSSR count). The van der Waals surface area contributed by atoms with Crippen molar-refractivity contribution in [3.05, 3.63) is 29.3 Å². The van der Waals surface area contributed by atoms with Crippen molar-refractivity contribution in [2.45, 2.75) is 20.8 Å². The summed E-state index contributed by atoms with van der Waals surface area (Å²) in [5.74, 6) is -0.645. The lowest BCUT2D eigenvalue weighted by Crippen LogP contribution is -2.42. The fourth-order valence-corrected chi connectivity index (χ4v) is 1.39. The SMILES string of the molecule is Cc1cc(O)ccc1C(=O)NCC(C)(C)C(N)=O. The minimum absolute atomic E-state index is 0.113. The Hall–Kier alpha value is -2.04. The van der Waals surface area contributed by atoms with Crippen molar-refractivity contribution >= 4 is 11.8 Å². The van der Waals surface area contributed by atoms with Crippen molar-refractivity contribution in [1.82, 2.24) is 5.32 Å². The third-order valence-electron chi connectivity index (χ3n) is 2.81. The molecule has 0 spiro atoms. The predicted octanol–water partition coefficient (Wildman–Crippen LogP) is 0.942. The van der Waals surface area contributed by atoms with E-state index in [0.29, 0.717) is 11.1 Å². The van der Waals surface area contributed by atoms with Gasteiger partial charge in [0.25, 0.3) is 5.91 Å². The van der Waals surface area contributed by atoms with Gasteiger partial charge in [-0.1, -0.05) is 0 Å². The average Bonchev–Trinajstić information content (AvgIpc) is 2.25. The summed E-state index contributed by atoms with van der Waals surface area (Å²) in [5.41, 5.74) is 5.57. The molecule has 2 amide bonds. The number of benzene rings is 1. The molecule has 0 saturated heterocycles. The van der Waals surface area contributed by atoms with E-state index in [4.69, 9.17) is 5.73 Å². The minimum atomic E-state index is -0.791. The maximum Gasteiger partial charge on any atom is 0.251 e. The molecule has 1 aromatic carbocycles. The van der Waals surface area contributed by atoms with Crippen molar-refractivity contribution in [2.24, 2.45) is 11.1 Å². The van der Waals surface area contributed by atoms with Crippen LogP contribution in [-0.2, 0) is 4.79 Å². The molecule has 0 heterocycles. The summed E-state index contributed by atoms with van der Waals surface area (Å²) in [6.07, 6.45) is 0. The summed E-state index contributed by atoms with van der Waals surface area (Å²) in [5, 5.41) is 11.9. The Balaban J connectivity index is 2.75. The largest absolute Gasteiger partial charge is 0.508 e. The summed E-state index contributed by atoms with van der Waals surface area (Å²) in [7, 11) is 0. The van der Waals surface area contributed by atoms with Crippen LogP contribution < -0.4 is 11.1 Å². The van der Waals surface area contributed by atoms with Crippen LogP contribution in [0.1, 0.15) is 29.8 Å². The first-order valence-electron chi connectivity index (χ1n) is 5.62. The lowest BCUT2D eigenvalue weighted by Gasteiger charge is -2.21. The molecule has 18 heavy (non-hydrogen) atoms. The highest BCUT2D eigenvalue weighted by molar-refractivity contribution is 5.96. The van der Waals surface area contributed by atoms with Gasteiger partial charge in [0.1, 0.15) is 5.75 Å². The van der Waals surface area contributed by atoms with Crippen molar-refractivity contribution < 1.29 is 14.7 Å². The van der Waals surface area contributed by atoms with Gasteiger partial charge in [-0.15, -0.1) is 0 Å². The topological polar surface area (TPSA) is 92.4 Å². The van der Waals surface area contributed by atoms with E-state index in [2.05, 4.69) is 5.32 Å². The summed E-state index contributed by atoms with van der Waals surface area (Å²) < 4.78 is 0. The lowest BCUT2D eigenvalue weighted by molar-refractivity contribution is -0.125. The number of aryl methyl sites for hydroxylation is 1. The zero-order valence-corrected chi connectivity index (χ0v) is 10.8. The summed E-state index contributed by atoms with van der Waals surface area (Å²) in [6, 6.07) is 4.49. The third kappa shape index (κ3) is 3.23. The van der Waals surface area contributed by atoms with E-state index in [-0.39, 0.29) is 18.2 Å². The van der Waals surface area contributed by atoms with E-state index >= 15 is 0 Å². The Morgan fingerprint density at radius 1 is 1.39 bits per heavy atom. The number of amides is 2. The van der Waals surface area contributed by atoms with Crippen LogP contribution in [0.3, 0.4) is 0 Å². The fourth-order valence-electron chi connectivity index (χ4n) is 1.39. The quantitative estimate of drug-likeness (QED) is 0.742. The van der Waals surface area contributed by atoms with Gasteiger partial charge in [0.2, 0.25) is 5.91 Å². The van der Waals surface area contributed by atoms with Crippen LogP contribution in [0.2, 0.25) is 0 Å². The molecule has 0 radical (unpaired) electrons. The molecule has 0 unspecified atom stereocenters. The Morgan fingerprint density at radius 2 is 2.00 bits per heavy atom. The number of nitrogens with one attached hydrogen (secondary N) is 1. The van der Waals surface area contributed by atoms with E-state index < -0.39 is 11.3 Å². The highest BCUT2D eigenvalue weighted by Crippen LogP contribution is 2.16. The molecule has 0 fully saturated rings. The second-order valence-corrected chi connectivity index (χ2v) is 4.93. The molecule has 5 heteroatoms. The first-order valence-corrected chi connectivity index (χ1v) is 5.62. The van der Waals surface area contributed by atoms with Gasteiger partial charge in [-0.2, -0.15) is 0 Å². The molecular formula is C13H18N2O3. The zero-order valence-electron chi connectivity index (χ0n) is 10.8. The molecule has 0 saturated carbocycles. The van der Waals surface area contributed by atoms with Gasteiger partial charge in [-0.3, -0.25) is 9.59 Å². The number of nitrogens with two attached hydrogens (primary N) is 1. The second kappa shape index (κ2) is 5.08. The number of carbonyl (C=O) groups excluding carboxylic acids is 2. The van der Waals surface area contributed by atoms with Gasteiger partial charge in [0.05, 0.1) is 5.41 Å². The number of carbonyl (C=O) groups is 2. The Kier molecular flexibility index (Phi) is 3.96. The number of phenols is 1. The first kappa shape index (κ1) is 14.0. The van der Waals surface area contributed by atoms with Crippen LogP contribution in [0.5, 0.6) is 5.75 Å². The summed E-state index contributed by atoms with van der Waals surface area (Å²) >= 11 is 0. The molecule has 0 aliphatic heterocycles. The smallest absolute Gasteiger partial charge is 0.251 e. The van der Waals surface area contributed by atoms with Crippen molar-refractivity contribution in [3.63, 3.8) is 0 Å². The number of hydrogen-bond donors (Lipinski definition) is 3. The monoisotopic (exact) mass is 250 g/mol. The normalized spacial score (nSPS) is 11.1. The van der Waals surface area contributed by atoms with Gasteiger partial charge in [-0.05, 0) is 44.5 Å². The first-order chi connectivity index (χ1) is 8.24. The molecule has 5 nitrogen and oxygen atoms in total. The molecule has 0 aromatic heterocycles. The van der Waals surface area contributed by atoms with Gasteiger partial charge in [0.15, 0.2) is 0 Å². The van der Waals surface area contributed by atoms with E-state index in [0.717, 1.165) is 0 Å². The van der Waals surface area contributed by atoms with Gasteiger partial charge >= 0.3 is 0 Å². The van der Waals surface area contributed by atoms with Gasteiger partial charge in [0, 0.05) is 12.1 Å². The van der Waals surface area contributed by atoms with Crippen LogP contribution >= 0.6 is 0 Å². The predicted molar refractivity (Wildman–Crippen MR) is 68.2 cm³/mol. The number of phenolic OH excluding ortho intramolecular Hbond substituents is 1. The van der Waals surface area contributed by atoms with Crippen LogP contribution in [0.25, 0.3) is 0 Å².